The van der Waals surface area contributed by atoms with Gasteiger partial charge in [0.15, 0.2) is 0 Å². The summed E-state index contributed by atoms with van der Waals surface area (Å²) in [5.41, 5.74) is 1.01. The number of rotatable bonds is 4. The number of Topliss-reactive ketones (excluding diaryl/α,β-unsaturated/α-hetero) is 1. The van der Waals surface area contributed by atoms with Crippen molar-refractivity contribution in [2.45, 2.75) is 31.8 Å². The first-order valence-electron chi connectivity index (χ1n) is 10.7. The van der Waals surface area contributed by atoms with E-state index in [0.717, 1.165) is 0 Å². The third kappa shape index (κ3) is 3.95. The van der Waals surface area contributed by atoms with Crippen LogP contribution >= 0.6 is 0 Å². The minimum absolute atomic E-state index is 0.0349. The van der Waals surface area contributed by atoms with Crippen molar-refractivity contribution in [3.05, 3.63) is 71.6 Å². The molecule has 1 unspecified atom stereocenters. The predicted molar refractivity (Wildman–Crippen MR) is 116 cm³/mol. The van der Waals surface area contributed by atoms with E-state index >= 15 is 0 Å². The Labute approximate surface area is 186 Å². The minimum atomic E-state index is -0.796. The number of nitrogens with zero attached hydrogens (tertiary/aromatic N) is 3. The summed E-state index contributed by atoms with van der Waals surface area (Å²) in [6, 6.07) is 12.9. The molecule has 0 radical (unpaired) electrons. The van der Waals surface area contributed by atoms with E-state index in [0.29, 0.717) is 43.8 Å². The standard InChI is InChI=1S/C24H25N3O5/c1-2-32-24(31)26-14-11-17(12-15-26)27-20(18-10-6-7-13-25-18)19(22(29)23(27)30)21(28)16-8-4-3-5-9-16/h3-10,13,17,20,28H,2,11-12,14-15H2,1H3/b21-19+. The van der Waals surface area contributed by atoms with Crippen molar-refractivity contribution in [3.63, 3.8) is 0 Å². The maximum Gasteiger partial charge on any atom is 0.409 e. The van der Waals surface area contributed by atoms with E-state index in [-0.39, 0.29) is 23.5 Å². The number of aromatic nitrogens is 1. The van der Waals surface area contributed by atoms with E-state index in [4.69, 9.17) is 4.74 Å². The fraction of sp³-hybridized carbons (Fsp3) is 0.333. The van der Waals surface area contributed by atoms with E-state index in [2.05, 4.69) is 4.98 Å². The number of benzene rings is 1. The highest BCUT2D eigenvalue weighted by atomic mass is 16.6. The topological polar surface area (TPSA) is 100 Å². The van der Waals surface area contributed by atoms with Gasteiger partial charge in [-0.15, -0.1) is 0 Å². The van der Waals surface area contributed by atoms with Crippen molar-refractivity contribution in [1.82, 2.24) is 14.8 Å². The molecule has 4 rings (SSSR count). The normalized spacial score (nSPS) is 21.1. The minimum Gasteiger partial charge on any atom is -0.507 e. The molecule has 0 spiro atoms. The van der Waals surface area contributed by atoms with E-state index in [1.165, 1.54) is 4.90 Å². The lowest BCUT2D eigenvalue weighted by atomic mass is 9.96. The van der Waals surface area contributed by atoms with Crippen LogP contribution in [0.5, 0.6) is 0 Å². The highest BCUT2D eigenvalue weighted by molar-refractivity contribution is 6.46. The zero-order valence-corrected chi connectivity index (χ0v) is 17.8. The van der Waals surface area contributed by atoms with Crippen LogP contribution < -0.4 is 0 Å². The van der Waals surface area contributed by atoms with E-state index < -0.39 is 17.7 Å². The number of pyridine rings is 1. The van der Waals surface area contributed by atoms with Crippen LogP contribution in [0, 0.1) is 0 Å². The van der Waals surface area contributed by atoms with Gasteiger partial charge in [0.2, 0.25) is 0 Å². The number of ether oxygens (including phenoxy) is 1. The van der Waals surface area contributed by atoms with Crippen molar-refractivity contribution in [2.24, 2.45) is 0 Å². The van der Waals surface area contributed by atoms with Gasteiger partial charge in [0.05, 0.1) is 17.9 Å². The van der Waals surface area contributed by atoms with Gasteiger partial charge in [0.25, 0.3) is 11.7 Å². The Balaban J connectivity index is 1.70. The van der Waals surface area contributed by atoms with Crippen LogP contribution in [-0.2, 0) is 14.3 Å². The maximum atomic E-state index is 13.2. The zero-order chi connectivity index (χ0) is 22.7. The predicted octanol–water partition coefficient (Wildman–Crippen LogP) is 3.12. The number of piperidine rings is 1. The van der Waals surface area contributed by atoms with Crippen molar-refractivity contribution < 1.29 is 24.2 Å². The Morgan fingerprint density at radius 2 is 1.78 bits per heavy atom. The second-order valence-corrected chi connectivity index (χ2v) is 7.74. The van der Waals surface area contributed by atoms with Gasteiger partial charge < -0.3 is 19.6 Å². The van der Waals surface area contributed by atoms with Gasteiger partial charge >= 0.3 is 6.09 Å². The lowest BCUT2D eigenvalue weighted by Crippen LogP contribution is -2.48. The summed E-state index contributed by atoms with van der Waals surface area (Å²) >= 11 is 0. The molecule has 2 aromatic rings. The molecule has 1 N–H and O–H groups in total. The number of carbonyl (C=O) groups is 3. The number of hydrogen-bond donors (Lipinski definition) is 1. The molecule has 32 heavy (non-hydrogen) atoms. The van der Waals surface area contributed by atoms with Crippen molar-refractivity contribution >= 4 is 23.5 Å². The Morgan fingerprint density at radius 1 is 1.09 bits per heavy atom. The Hall–Kier alpha value is -3.68. The lowest BCUT2D eigenvalue weighted by Gasteiger charge is -2.38. The van der Waals surface area contributed by atoms with Gasteiger partial charge in [0, 0.05) is 30.9 Å². The Kier molecular flexibility index (Phi) is 6.20. The van der Waals surface area contributed by atoms with E-state index in [1.807, 2.05) is 6.07 Å². The van der Waals surface area contributed by atoms with Crippen LogP contribution in [0.1, 0.15) is 37.1 Å². The highest BCUT2D eigenvalue weighted by Gasteiger charge is 2.50. The summed E-state index contributed by atoms with van der Waals surface area (Å²) < 4.78 is 5.07. The first kappa shape index (κ1) is 21.5. The summed E-state index contributed by atoms with van der Waals surface area (Å²) in [5.74, 6) is -1.60. The number of aliphatic hydroxyl groups excluding tert-OH is 1. The second kappa shape index (κ2) is 9.21. The number of amides is 2. The number of hydrogen-bond acceptors (Lipinski definition) is 6. The largest absolute Gasteiger partial charge is 0.507 e. The molecule has 2 aliphatic heterocycles. The quantitative estimate of drug-likeness (QED) is 0.450. The number of carbonyl (C=O) groups excluding carboxylic acids is 3. The summed E-state index contributed by atoms with van der Waals surface area (Å²) in [4.78, 5) is 45.8. The summed E-state index contributed by atoms with van der Waals surface area (Å²) in [7, 11) is 0. The summed E-state index contributed by atoms with van der Waals surface area (Å²) in [5, 5.41) is 11.0. The molecule has 0 saturated carbocycles. The number of aliphatic hydroxyl groups is 1. The molecule has 0 bridgehead atoms. The molecular formula is C24H25N3O5. The first-order valence-corrected chi connectivity index (χ1v) is 10.7. The van der Waals surface area contributed by atoms with Gasteiger partial charge in [-0.2, -0.15) is 0 Å². The summed E-state index contributed by atoms with van der Waals surface area (Å²) in [6.45, 7) is 2.89. The van der Waals surface area contributed by atoms with Crippen LogP contribution in [0.25, 0.3) is 5.76 Å². The molecule has 3 heterocycles. The van der Waals surface area contributed by atoms with Gasteiger partial charge in [-0.05, 0) is 31.9 Å². The third-order valence-electron chi connectivity index (χ3n) is 5.88. The molecule has 1 aromatic heterocycles. The van der Waals surface area contributed by atoms with Crippen molar-refractivity contribution in [2.75, 3.05) is 19.7 Å². The molecule has 2 amide bonds. The van der Waals surface area contributed by atoms with E-state index in [9.17, 15) is 19.5 Å². The van der Waals surface area contributed by atoms with Crippen molar-refractivity contribution in [3.8, 4) is 0 Å². The van der Waals surface area contributed by atoms with Crippen LogP contribution in [0.2, 0.25) is 0 Å². The molecule has 2 saturated heterocycles. The number of ketones is 1. The molecule has 2 aliphatic rings. The van der Waals surface area contributed by atoms with Crippen LogP contribution in [0.4, 0.5) is 4.79 Å². The highest BCUT2D eigenvalue weighted by Crippen LogP contribution is 2.41. The molecule has 1 aromatic carbocycles. The third-order valence-corrected chi connectivity index (χ3v) is 5.88. The monoisotopic (exact) mass is 435 g/mol. The first-order chi connectivity index (χ1) is 15.5. The fourth-order valence-electron chi connectivity index (χ4n) is 4.35. The Morgan fingerprint density at radius 3 is 2.41 bits per heavy atom. The molecule has 0 aliphatic carbocycles. The zero-order valence-electron chi connectivity index (χ0n) is 17.8. The Bertz CT molecular complexity index is 1030. The van der Waals surface area contributed by atoms with Gasteiger partial charge in [0.1, 0.15) is 11.8 Å². The SMILES string of the molecule is CCOC(=O)N1CCC(N2C(=O)C(=O)/C(=C(/O)c3ccccc3)C2c2ccccn2)CC1. The van der Waals surface area contributed by atoms with Crippen LogP contribution in [0.3, 0.4) is 0 Å². The average Bonchev–Trinajstić information content (AvgIpc) is 3.10. The smallest absolute Gasteiger partial charge is 0.409 e. The molecule has 1 atom stereocenters. The van der Waals surface area contributed by atoms with Crippen LogP contribution in [-0.4, -0.2) is 63.4 Å². The average molecular weight is 435 g/mol. The van der Waals surface area contributed by atoms with Crippen molar-refractivity contribution in [1.29, 1.82) is 0 Å². The van der Waals surface area contributed by atoms with Crippen LogP contribution in [0.15, 0.2) is 60.3 Å². The fourth-order valence-corrected chi connectivity index (χ4v) is 4.35. The molecule has 8 nitrogen and oxygen atoms in total. The maximum absolute atomic E-state index is 13.2. The van der Waals surface area contributed by atoms with Gasteiger partial charge in [-0.1, -0.05) is 36.4 Å². The molecular weight excluding hydrogens is 410 g/mol. The molecule has 166 valence electrons. The number of likely N-dealkylation sites (tertiary alicyclic amines) is 2. The van der Waals surface area contributed by atoms with Gasteiger partial charge in [-0.3, -0.25) is 14.6 Å². The summed E-state index contributed by atoms with van der Waals surface area (Å²) in [6.07, 6.45) is 2.22. The molecule has 2 fully saturated rings. The second-order valence-electron chi connectivity index (χ2n) is 7.74. The van der Waals surface area contributed by atoms with E-state index in [1.54, 1.807) is 60.5 Å². The molecule has 8 heteroatoms. The lowest BCUT2D eigenvalue weighted by molar-refractivity contribution is -0.142. The van der Waals surface area contributed by atoms with Gasteiger partial charge in [-0.25, -0.2) is 4.79 Å².